The third-order valence-electron chi connectivity index (χ3n) is 6.91. The Hall–Kier alpha value is -2.95. The highest BCUT2D eigenvalue weighted by Gasteiger charge is 2.45. The zero-order valence-electron chi connectivity index (χ0n) is 20.4. The summed E-state index contributed by atoms with van der Waals surface area (Å²) in [5.41, 5.74) is 12.2. The predicted octanol–water partition coefficient (Wildman–Crippen LogP) is -2.75. The molecular formula is C22H35N9O6. The molecule has 0 bridgehead atoms. The van der Waals surface area contributed by atoms with Crippen LogP contribution in [-0.2, 0) is 14.3 Å². The molecule has 0 aliphatic carbocycles. The number of aromatic nitrogens is 4. The Kier molecular flexibility index (Phi) is 8.83. The standard InChI is InChI=1S/C22H35N9O6/c23-13(22(35)36)3-6-30(7-5-26-20(34)12-2-1-4-25-8-12)9-14-16(32)17(33)21(37-14)31-11-29-15-18(24)27-10-28-19(15)31/h10-14,16-17,21,25,32-33H,1-9,23H2,(H,26,34)(H,35,36)(H2,24,27,28)/t12?,13-,14+,16-,17?,21+/m0/s1. The van der Waals surface area contributed by atoms with Crippen molar-refractivity contribution in [3.8, 4) is 0 Å². The van der Waals surface area contributed by atoms with E-state index < -0.39 is 36.6 Å². The van der Waals surface area contributed by atoms with Crippen LogP contribution in [0.3, 0.4) is 0 Å². The molecule has 37 heavy (non-hydrogen) atoms. The number of hydrogen-bond acceptors (Lipinski definition) is 12. The Morgan fingerprint density at radius 2 is 2.08 bits per heavy atom. The average molecular weight is 522 g/mol. The number of nitrogens with one attached hydrogen (secondary N) is 2. The summed E-state index contributed by atoms with van der Waals surface area (Å²) in [6.45, 7) is 2.72. The second-order valence-electron chi connectivity index (χ2n) is 9.50. The molecule has 0 aromatic carbocycles. The van der Waals surface area contributed by atoms with Crippen LogP contribution >= 0.6 is 0 Å². The number of aliphatic hydroxyl groups is 2. The minimum atomic E-state index is -1.28. The van der Waals surface area contributed by atoms with Crippen molar-refractivity contribution < 1.29 is 29.6 Å². The summed E-state index contributed by atoms with van der Waals surface area (Å²) >= 11 is 0. The van der Waals surface area contributed by atoms with Crippen molar-refractivity contribution in [1.29, 1.82) is 0 Å². The highest BCUT2D eigenvalue weighted by molar-refractivity contribution is 5.81. The number of imidazole rings is 1. The molecule has 0 saturated carbocycles. The number of anilines is 1. The Morgan fingerprint density at radius 3 is 2.81 bits per heavy atom. The van der Waals surface area contributed by atoms with Gasteiger partial charge in [-0.2, -0.15) is 0 Å². The minimum Gasteiger partial charge on any atom is -0.480 e. The smallest absolute Gasteiger partial charge is 0.320 e. The van der Waals surface area contributed by atoms with Crippen molar-refractivity contribution in [2.45, 2.75) is 49.8 Å². The van der Waals surface area contributed by atoms with E-state index >= 15 is 0 Å². The number of amides is 1. The fourth-order valence-electron chi connectivity index (χ4n) is 4.72. The van der Waals surface area contributed by atoms with Gasteiger partial charge in [0.1, 0.15) is 36.2 Å². The number of nitrogens with two attached hydrogens (primary N) is 2. The summed E-state index contributed by atoms with van der Waals surface area (Å²) in [6, 6.07) is -1.05. The number of nitrogens with zero attached hydrogens (tertiary/aromatic N) is 5. The number of carboxylic acids is 1. The zero-order valence-corrected chi connectivity index (χ0v) is 20.4. The number of carbonyl (C=O) groups is 2. The lowest BCUT2D eigenvalue weighted by molar-refractivity contribution is -0.138. The highest BCUT2D eigenvalue weighted by Crippen LogP contribution is 2.32. The fourth-order valence-corrected chi connectivity index (χ4v) is 4.72. The second-order valence-corrected chi connectivity index (χ2v) is 9.50. The number of aliphatic hydroxyl groups excluding tert-OH is 2. The van der Waals surface area contributed by atoms with Gasteiger partial charge < -0.3 is 42.2 Å². The first-order valence-corrected chi connectivity index (χ1v) is 12.4. The van der Waals surface area contributed by atoms with Gasteiger partial charge in [0.15, 0.2) is 17.7 Å². The molecule has 1 amide bonds. The van der Waals surface area contributed by atoms with E-state index in [9.17, 15) is 19.8 Å². The number of piperidine rings is 1. The molecule has 9 N–H and O–H groups in total. The Bertz CT molecular complexity index is 1080. The molecular weight excluding hydrogens is 486 g/mol. The van der Waals surface area contributed by atoms with Crippen LogP contribution in [0.4, 0.5) is 5.82 Å². The molecule has 0 radical (unpaired) electrons. The van der Waals surface area contributed by atoms with Crippen LogP contribution < -0.4 is 22.1 Å². The van der Waals surface area contributed by atoms with E-state index in [2.05, 4.69) is 25.6 Å². The molecule has 204 valence electrons. The van der Waals surface area contributed by atoms with Gasteiger partial charge >= 0.3 is 5.97 Å². The first kappa shape index (κ1) is 27.1. The SMILES string of the molecule is Nc1ncnc2c1ncn2[C@@H]1O[C@H](CN(CCNC(=O)C2CCCNC2)CC[C@H](N)C(=O)O)[C@H](O)C1O. The van der Waals surface area contributed by atoms with E-state index in [-0.39, 0.29) is 30.6 Å². The van der Waals surface area contributed by atoms with Crippen molar-refractivity contribution in [3.05, 3.63) is 12.7 Å². The Balaban J connectivity index is 1.40. The van der Waals surface area contributed by atoms with Gasteiger partial charge in [0.2, 0.25) is 5.91 Å². The molecule has 0 spiro atoms. The summed E-state index contributed by atoms with van der Waals surface area (Å²) in [4.78, 5) is 37.8. The van der Waals surface area contributed by atoms with E-state index in [1.54, 1.807) is 0 Å². The monoisotopic (exact) mass is 521 g/mol. The van der Waals surface area contributed by atoms with Crippen LogP contribution in [0, 0.1) is 5.92 Å². The molecule has 2 aliphatic rings. The summed E-state index contributed by atoms with van der Waals surface area (Å²) in [5.74, 6) is -1.05. The van der Waals surface area contributed by atoms with Crippen molar-refractivity contribution in [1.82, 2.24) is 35.1 Å². The molecule has 6 atom stereocenters. The number of fused-ring (bicyclic) bond motifs is 1. The molecule has 4 heterocycles. The predicted molar refractivity (Wildman–Crippen MR) is 131 cm³/mol. The minimum absolute atomic E-state index is 0.0322. The Labute approximate surface area is 213 Å². The first-order chi connectivity index (χ1) is 17.8. The number of carbonyl (C=O) groups excluding carboxylic acids is 1. The van der Waals surface area contributed by atoms with Crippen LogP contribution in [0.5, 0.6) is 0 Å². The van der Waals surface area contributed by atoms with E-state index in [0.29, 0.717) is 37.3 Å². The molecule has 2 aliphatic heterocycles. The summed E-state index contributed by atoms with van der Waals surface area (Å²) in [6.07, 6.45) is 0.331. The molecule has 2 fully saturated rings. The van der Waals surface area contributed by atoms with E-state index in [1.165, 1.54) is 17.2 Å². The first-order valence-electron chi connectivity index (χ1n) is 12.4. The summed E-state index contributed by atoms with van der Waals surface area (Å²) < 4.78 is 7.51. The maximum absolute atomic E-state index is 12.5. The molecule has 4 rings (SSSR count). The van der Waals surface area contributed by atoms with Gasteiger partial charge in [0.05, 0.1) is 12.2 Å². The van der Waals surface area contributed by atoms with Crippen LogP contribution in [0.1, 0.15) is 25.5 Å². The molecule has 2 unspecified atom stereocenters. The summed E-state index contributed by atoms with van der Waals surface area (Å²) in [5, 5.41) is 36.8. The lowest BCUT2D eigenvalue weighted by Crippen LogP contribution is -2.46. The van der Waals surface area contributed by atoms with E-state index in [4.69, 9.17) is 21.3 Å². The van der Waals surface area contributed by atoms with Gasteiger partial charge in [-0.15, -0.1) is 0 Å². The third kappa shape index (κ3) is 6.31. The second kappa shape index (κ2) is 12.1. The largest absolute Gasteiger partial charge is 0.480 e. The normalized spacial score (nSPS) is 27.0. The number of hydrogen-bond donors (Lipinski definition) is 7. The average Bonchev–Trinajstić information content (AvgIpc) is 3.44. The van der Waals surface area contributed by atoms with Gasteiger partial charge in [-0.05, 0) is 25.8 Å². The van der Waals surface area contributed by atoms with E-state index in [1.807, 2.05) is 4.90 Å². The number of aliphatic carboxylic acids is 1. The maximum atomic E-state index is 12.5. The van der Waals surface area contributed by atoms with Crippen molar-refractivity contribution in [3.63, 3.8) is 0 Å². The third-order valence-corrected chi connectivity index (χ3v) is 6.91. The molecule has 2 aromatic heterocycles. The van der Waals surface area contributed by atoms with Gasteiger partial charge in [-0.3, -0.25) is 19.1 Å². The highest BCUT2D eigenvalue weighted by atomic mass is 16.6. The maximum Gasteiger partial charge on any atom is 0.320 e. The number of nitrogen functional groups attached to an aromatic ring is 1. The van der Waals surface area contributed by atoms with Crippen LogP contribution in [0.25, 0.3) is 11.2 Å². The molecule has 15 heteroatoms. The number of rotatable bonds is 11. The topological polar surface area (TPSA) is 227 Å². The van der Waals surface area contributed by atoms with Crippen LogP contribution in [0.15, 0.2) is 12.7 Å². The Morgan fingerprint density at radius 1 is 1.27 bits per heavy atom. The number of carboxylic acid groups (broad SMARTS) is 1. The van der Waals surface area contributed by atoms with Crippen molar-refractivity contribution in [2.24, 2.45) is 11.7 Å². The summed E-state index contributed by atoms with van der Waals surface area (Å²) in [7, 11) is 0. The fraction of sp³-hybridized carbons (Fsp3) is 0.682. The van der Waals surface area contributed by atoms with E-state index in [0.717, 1.165) is 19.4 Å². The lowest BCUT2D eigenvalue weighted by Gasteiger charge is -2.28. The quantitative estimate of drug-likeness (QED) is 0.159. The van der Waals surface area contributed by atoms with Gasteiger partial charge in [0, 0.05) is 32.7 Å². The van der Waals surface area contributed by atoms with Crippen molar-refractivity contribution in [2.75, 3.05) is 45.0 Å². The zero-order chi connectivity index (χ0) is 26.5. The lowest BCUT2D eigenvalue weighted by atomic mass is 9.99. The molecule has 15 nitrogen and oxygen atoms in total. The van der Waals surface area contributed by atoms with Crippen molar-refractivity contribution >= 4 is 28.9 Å². The van der Waals surface area contributed by atoms with Gasteiger partial charge in [-0.25, -0.2) is 15.0 Å². The van der Waals surface area contributed by atoms with Crippen LogP contribution in [0.2, 0.25) is 0 Å². The van der Waals surface area contributed by atoms with Gasteiger partial charge in [0.25, 0.3) is 0 Å². The van der Waals surface area contributed by atoms with Crippen LogP contribution in [-0.4, -0.2) is 115 Å². The number of ether oxygens (including phenoxy) is 1. The van der Waals surface area contributed by atoms with Gasteiger partial charge in [-0.1, -0.05) is 0 Å². The molecule has 2 aromatic rings. The molecule has 2 saturated heterocycles.